The first-order chi connectivity index (χ1) is 9.78. The van der Waals surface area contributed by atoms with E-state index in [-0.39, 0.29) is 5.91 Å². The van der Waals surface area contributed by atoms with Crippen molar-refractivity contribution in [3.05, 3.63) is 59.4 Å². The highest BCUT2D eigenvalue weighted by Crippen LogP contribution is 2.14. The van der Waals surface area contributed by atoms with E-state index >= 15 is 0 Å². The standard InChI is InChI=1S/C15H15N3OS/c1-2-17(10-12-6-4-3-5-7-12)14(19)13-11-18-8-9-20-15(18)16-13/h3-9,11H,2,10H2,1H3. The lowest BCUT2D eigenvalue weighted by molar-refractivity contribution is 0.0747. The van der Waals surface area contributed by atoms with Crippen molar-refractivity contribution >= 4 is 22.2 Å². The van der Waals surface area contributed by atoms with Gasteiger partial charge in [-0.3, -0.25) is 9.20 Å². The van der Waals surface area contributed by atoms with Gasteiger partial charge in [-0.2, -0.15) is 0 Å². The van der Waals surface area contributed by atoms with Crippen LogP contribution in [-0.4, -0.2) is 26.7 Å². The molecule has 0 aliphatic carbocycles. The number of imidazole rings is 1. The minimum Gasteiger partial charge on any atom is -0.333 e. The molecule has 0 bridgehead atoms. The third kappa shape index (κ3) is 2.44. The van der Waals surface area contributed by atoms with Gasteiger partial charge in [-0.15, -0.1) is 11.3 Å². The molecule has 3 rings (SSSR count). The molecule has 0 saturated heterocycles. The van der Waals surface area contributed by atoms with Crippen LogP contribution in [0.5, 0.6) is 0 Å². The molecule has 0 fully saturated rings. The summed E-state index contributed by atoms with van der Waals surface area (Å²) in [6, 6.07) is 10.0. The van der Waals surface area contributed by atoms with Crippen LogP contribution in [-0.2, 0) is 6.54 Å². The molecule has 102 valence electrons. The zero-order valence-corrected chi connectivity index (χ0v) is 12.0. The van der Waals surface area contributed by atoms with E-state index in [4.69, 9.17) is 0 Å². The molecule has 20 heavy (non-hydrogen) atoms. The fraction of sp³-hybridized carbons (Fsp3) is 0.200. The van der Waals surface area contributed by atoms with Gasteiger partial charge in [0.2, 0.25) is 0 Å². The molecule has 0 aliphatic heterocycles. The van der Waals surface area contributed by atoms with Crippen molar-refractivity contribution < 1.29 is 4.79 Å². The summed E-state index contributed by atoms with van der Waals surface area (Å²) < 4.78 is 1.88. The molecule has 0 unspecified atom stereocenters. The van der Waals surface area contributed by atoms with Gasteiger partial charge in [0.25, 0.3) is 5.91 Å². The molecule has 0 N–H and O–H groups in total. The minimum atomic E-state index is -0.0211. The Bertz CT molecular complexity index is 688. The summed E-state index contributed by atoms with van der Waals surface area (Å²) in [5, 5.41) is 1.96. The van der Waals surface area contributed by atoms with Crippen LogP contribution in [0.2, 0.25) is 0 Å². The highest BCUT2D eigenvalue weighted by molar-refractivity contribution is 7.15. The Morgan fingerprint density at radius 3 is 2.85 bits per heavy atom. The fourth-order valence-electron chi connectivity index (χ4n) is 2.12. The summed E-state index contributed by atoms with van der Waals surface area (Å²) in [4.78, 5) is 19.5. The van der Waals surface area contributed by atoms with Crippen molar-refractivity contribution in [2.45, 2.75) is 13.5 Å². The van der Waals surface area contributed by atoms with E-state index in [0.29, 0.717) is 18.8 Å². The number of nitrogens with zero attached hydrogens (tertiary/aromatic N) is 3. The Morgan fingerprint density at radius 1 is 1.35 bits per heavy atom. The van der Waals surface area contributed by atoms with E-state index in [2.05, 4.69) is 4.98 Å². The predicted octanol–water partition coefficient (Wildman–Crippen LogP) is 3.06. The lowest BCUT2D eigenvalue weighted by Crippen LogP contribution is -2.30. The molecule has 0 aliphatic rings. The molecular formula is C15H15N3OS. The monoisotopic (exact) mass is 285 g/mol. The van der Waals surface area contributed by atoms with Gasteiger partial charge in [-0.25, -0.2) is 4.98 Å². The number of carbonyl (C=O) groups excluding carboxylic acids is 1. The Hall–Kier alpha value is -2.14. The normalized spacial score (nSPS) is 10.8. The first-order valence-corrected chi connectivity index (χ1v) is 7.41. The van der Waals surface area contributed by atoms with E-state index in [9.17, 15) is 4.79 Å². The molecule has 3 aromatic rings. The van der Waals surface area contributed by atoms with Crippen LogP contribution >= 0.6 is 11.3 Å². The van der Waals surface area contributed by atoms with Gasteiger partial charge >= 0.3 is 0 Å². The second kappa shape index (κ2) is 5.46. The van der Waals surface area contributed by atoms with Crippen LogP contribution in [0.15, 0.2) is 48.1 Å². The second-order valence-corrected chi connectivity index (χ2v) is 5.40. The summed E-state index contributed by atoms with van der Waals surface area (Å²) >= 11 is 1.53. The molecule has 1 aromatic carbocycles. The first kappa shape index (κ1) is 12.9. The zero-order valence-electron chi connectivity index (χ0n) is 11.2. The Balaban J connectivity index is 1.81. The number of benzene rings is 1. The second-order valence-electron chi connectivity index (χ2n) is 4.52. The van der Waals surface area contributed by atoms with Crippen molar-refractivity contribution in [1.82, 2.24) is 14.3 Å². The van der Waals surface area contributed by atoms with Gasteiger partial charge < -0.3 is 4.90 Å². The smallest absolute Gasteiger partial charge is 0.274 e. The zero-order chi connectivity index (χ0) is 13.9. The lowest BCUT2D eigenvalue weighted by atomic mass is 10.2. The molecule has 2 heterocycles. The van der Waals surface area contributed by atoms with Crippen LogP contribution < -0.4 is 0 Å². The van der Waals surface area contributed by atoms with E-state index in [1.807, 2.05) is 58.1 Å². The largest absolute Gasteiger partial charge is 0.333 e. The molecule has 1 amide bonds. The molecule has 0 spiro atoms. The number of fused-ring (bicyclic) bond motifs is 1. The summed E-state index contributed by atoms with van der Waals surface area (Å²) in [5.74, 6) is -0.0211. The van der Waals surface area contributed by atoms with Gasteiger partial charge in [-0.1, -0.05) is 30.3 Å². The SMILES string of the molecule is CCN(Cc1ccccc1)C(=O)c1cn2ccsc2n1. The number of aromatic nitrogens is 2. The molecule has 0 atom stereocenters. The third-order valence-electron chi connectivity index (χ3n) is 3.20. The number of hydrogen-bond donors (Lipinski definition) is 0. The Morgan fingerprint density at radius 2 is 2.15 bits per heavy atom. The number of carbonyl (C=O) groups is 1. The van der Waals surface area contributed by atoms with Gasteiger partial charge in [0.1, 0.15) is 5.69 Å². The summed E-state index contributed by atoms with van der Waals surface area (Å²) in [5.41, 5.74) is 1.64. The average molecular weight is 285 g/mol. The summed E-state index contributed by atoms with van der Waals surface area (Å²) in [6.07, 6.45) is 3.71. The van der Waals surface area contributed by atoms with E-state index < -0.39 is 0 Å². The topological polar surface area (TPSA) is 37.6 Å². The van der Waals surface area contributed by atoms with Crippen LogP contribution in [0.4, 0.5) is 0 Å². The highest BCUT2D eigenvalue weighted by atomic mass is 32.1. The predicted molar refractivity (Wildman–Crippen MR) is 79.9 cm³/mol. The fourth-order valence-corrected chi connectivity index (χ4v) is 2.82. The first-order valence-electron chi connectivity index (χ1n) is 6.53. The maximum absolute atomic E-state index is 12.5. The van der Waals surface area contributed by atoms with E-state index in [1.54, 1.807) is 6.20 Å². The number of thiazole rings is 1. The summed E-state index contributed by atoms with van der Waals surface area (Å²) in [7, 11) is 0. The van der Waals surface area contributed by atoms with Crippen LogP contribution in [0.1, 0.15) is 23.0 Å². The highest BCUT2D eigenvalue weighted by Gasteiger charge is 2.18. The number of amides is 1. The molecule has 0 radical (unpaired) electrons. The van der Waals surface area contributed by atoms with Crippen molar-refractivity contribution in [3.63, 3.8) is 0 Å². The van der Waals surface area contributed by atoms with E-state index in [1.165, 1.54) is 11.3 Å². The number of rotatable bonds is 4. The van der Waals surface area contributed by atoms with Crippen LogP contribution in [0.3, 0.4) is 0 Å². The molecule has 0 saturated carbocycles. The van der Waals surface area contributed by atoms with Crippen molar-refractivity contribution in [1.29, 1.82) is 0 Å². The maximum Gasteiger partial charge on any atom is 0.274 e. The van der Waals surface area contributed by atoms with Crippen LogP contribution in [0, 0.1) is 0 Å². The number of hydrogen-bond acceptors (Lipinski definition) is 3. The van der Waals surface area contributed by atoms with Crippen molar-refractivity contribution in [3.8, 4) is 0 Å². The Kier molecular flexibility index (Phi) is 3.52. The summed E-state index contributed by atoms with van der Waals surface area (Å²) in [6.45, 7) is 3.26. The molecule has 4 nitrogen and oxygen atoms in total. The average Bonchev–Trinajstić information content (AvgIpc) is 3.06. The molecule has 5 heteroatoms. The van der Waals surface area contributed by atoms with Gasteiger partial charge in [0, 0.05) is 30.9 Å². The van der Waals surface area contributed by atoms with Gasteiger partial charge in [0.05, 0.1) is 0 Å². The third-order valence-corrected chi connectivity index (χ3v) is 3.97. The quantitative estimate of drug-likeness (QED) is 0.739. The maximum atomic E-state index is 12.5. The molecular weight excluding hydrogens is 270 g/mol. The minimum absolute atomic E-state index is 0.0211. The van der Waals surface area contributed by atoms with E-state index in [0.717, 1.165) is 10.5 Å². The Labute approximate surface area is 121 Å². The van der Waals surface area contributed by atoms with Crippen molar-refractivity contribution in [2.24, 2.45) is 0 Å². The van der Waals surface area contributed by atoms with Gasteiger partial charge in [0.15, 0.2) is 4.96 Å². The van der Waals surface area contributed by atoms with Crippen LogP contribution in [0.25, 0.3) is 4.96 Å². The van der Waals surface area contributed by atoms with Gasteiger partial charge in [-0.05, 0) is 12.5 Å². The lowest BCUT2D eigenvalue weighted by Gasteiger charge is -2.19. The van der Waals surface area contributed by atoms with Crippen molar-refractivity contribution in [2.75, 3.05) is 6.54 Å². The molecule has 2 aromatic heterocycles.